The first-order valence-electron chi connectivity index (χ1n) is 3.84. The standard InChI is InChI=1S/C8H15ClO/c1-6-4-5-7(10-6)8(2,3)9/h6-7H,4-5H2,1-3H3/t6-,7+/m1/s1. The van der Waals surface area contributed by atoms with Crippen LogP contribution in [0.5, 0.6) is 0 Å². The maximum absolute atomic E-state index is 6.08. The van der Waals surface area contributed by atoms with Crippen LogP contribution < -0.4 is 0 Å². The van der Waals surface area contributed by atoms with Crippen molar-refractivity contribution in [3.05, 3.63) is 0 Å². The highest BCUT2D eigenvalue weighted by Gasteiger charge is 2.33. The molecule has 1 heterocycles. The molecule has 0 N–H and O–H groups in total. The van der Waals surface area contributed by atoms with Gasteiger partial charge >= 0.3 is 0 Å². The van der Waals surface area contributed by atoms with Crippen molar-refractivity contribution in [2.24, 2.45) is 0 Å². The van der Waals surface area contributed by atoms with E-state index in [1.54, 1.807) is 0 Å². The van der Waals surface area contributed by atoms with Crippen molar-refractivity contribution in [2.45, 2.75) is 50.7 Å². The molecular weight excluding hydrogens is 148 g/mol. The fraction of sp³-hybridized carbons (Fsp3) is 1.00. The fourth-order valence-electron chi connectivity index (χ4n) is 1.31. The van der Waals surface area contributed by atoms with Gasteiger partial charge in [0.05, 0.1) is 17.1 Å². The van der Waals surface area contributed by atoms with Crippen molar-refractivity contribution < 1.29 is 4.74 Å². The normalized spacial score (nSPS) is 34.8. The molecule has 0 aromatic heterocycles. The second-order valence-corrected chi connectivity index (χ2v) is 4.55. The first-order valence-corrected chi connectivity index (χ1v) is 4.22. The Labute approximate surface area is 67.7 Å². The Morgan fingerprint density at radius 1 is 1.40 bits per heavy atom. The zero-order chi connectivity index (χ0) is 7.78. The van der Waals surface area contributed by atoms with E-state index in [-0.39, 0.29) is 11.0 Å². The molecule has 0 aliphatic carbocycles. The molecule has 1 nitrogen and oxygen atoms in total. The predicted octanol–water partition coefficient (Wildman–Crippen LogP) is 2.57. The van der Waals surface area contributed by atoms with E-state index in [2.05, 4.69) is 6.92 Å². The predicted molar refractivity (Wildman–Crippen MR) is 43.5 cm³/mol. The van der Waals surface area contributed by atoms with E-state index in [1.807, 2.05) is 13.8 Å². The third-order valence-electron chi connectivity index (χ3n) is 2.00. The maximum atomic E-state index is 6.08. The molecule has 2 atom stereocenters. The Morgan fingerprint density at radius 3 is 2.20 bits per heavy atom. The van der Waals surface area contributed by atoms with Crippen LogP contribution in [0, 0.1) is 0 Å². The summed E-state index contributed by atoms with van der Waals surface area (Å²) < 4.78 is 5.59. The second kappa shape index (κ2) is 2.71. The Balaban J connectivity index is 2.45. The van der Waals surface area contributed by atoms with E-state index in [1.165, 1.54) is 0 Å². The highest BCUT2D eigenvalue weighted by Crippen LogP contribution is 2.31. The molecule has 1 rings (SSSR count). The molecule has 60 valence electrons. The van der Waals surface area contributed by atoms with E-state index >= 15 is 0 Å². The van der Waals surface area contributed by atoms with Crippen molar-refractivity contribution in [3.8, 4) is 0 Å². The first kappa shape index (κ1) is 8.35. The van der Waals surface area contributed by atoms with Gasteiger partial charge in [0.2, 0.25) is 0 Å². The van der Waals surface area contributed by atoms with E-state index < -0.39 is 0 Å². The third-order valence-corrected chi connectivity index (χ3v) is 2.24. The van der Waals surface area contributed by atoms with Crippen LogP contribution in [-0.2, 0) is 4.74 Å². The Bertz CT molecular complexity index is 117. The van der Waals surface area contributed by atoms with Gasteiger partial charge in [0.25, 0.3) is 0 Å². The lowest BCUT2D eigenvalue weighted by Crippen LogP contribution is -2.30. The van der Waals surface area contributed by atoms with E-state index in [0.29, 0.717) is 6.10 Å². The SMILES string of the molecule is C[C@@H]1CC[C@@H](C(C)(C)Cl)O1. The molecule has 0 amide bonds. The van der Waals surface area contributed by atoms with Crippen molar-refractivity contribution in [1.82, 2.24) is 0 Å². The van der Waals surface area contributed by atoms with Crippen LogP contribution in [0.3, 0.4) is 0 Å². The zero-order valence-electron chi connectivity index (χ0n) is 6.86. The Hall–Kier alpha value is 0.250. The molecule has 1 aliphatic rings. The summed E-state index contributed by atoms with van der Waals surface area (Å²) in [6.45, 7) is 6.12. The van der Waals surface area contributed by atoms with Gasteiger partial charge in [0.15, 0.2) is 0 Å². The largest absolute Gasteiger partial charge is 0.373 e. The lowest BCUT2D eigenvalue weighted by atomic mass is 10.0. The zero-order valence-corrected chi connectivity index (χ0v) is 7.61. The molecular formula is C8H15ClO. The lowest BCUT2D eigenvalue weighted by Gasteiger charge is -2.23. The maximum Gasteiger partial charge on any atom is 0.0765 e. The topological polar surface area (TPSA) is 9.23 Å². The summed E-state index contributed by atoms with van der Waals surface area (Å²) in [6, 6.07) is 0. The van der Waals surface area contributed by atoms with Crippen LogP contribution in [-0.4, -0.2) is 17.1 Å². The molecule has 1 fully saturated rings. The van der Waals surface area contributed by atoms with Crippen LogP contribution in [0.4, 0.5) is 0 Å². The number of hydrogen-bond acceptors (Lipinski definition) is 1. The molecule has 2 heteroatoms. The number of ether oxygens (including phenoxy) is 1. The smallest absolute Gasteiger partial charge is 0.0765 e. The van der Waals surface area contributed by atoms with E-state index in [0.717, 1.165) is 12.8 Å². The van der Waals surface area contributed by atoms with Crippen molar-refractivity contribution in [2.75, 3.05) is 0 Å². The van der Waals surface area contributed by atoms with Crippen LogP contribution in [0.2, 0.25) is 0 Å². The molecule has 0 radical (unpaired) electrons. The molecule has 0 bridgehead atoms. The van der Waals surface area contributed by atoms with Gasteiger partial charge in [-0.05, 0) is 33.6 Å². The summed E-state index contributed by atoms with van der Waals surface area (Å²) in [5.41, 5.74) is 0. The highest BCUT2D eigenvalue weighted by atomic mass is 35.5. The Kier molecular flexibility index (Phi) is 2.26. The average molecular weight is 163 g/mol. The van der Waals surface area contributed by atoms with Gasteiger partial charge < -0.3 is 4.74 Å². The summed E-state index contributed by atoms with van der Waals surface area (Å²) in [7, 11) is 0. The van der Waals surface area contributed by atoms with Gasteiger partial charge in [-0.3, -0.25) is 0 Å². The molecule has 0 saturated carbocycles. The fourth-order valence-corrected chi connectivity index (χ4v) is 1.47. The summed E-state index contributed by atoms with van der Waals surface area (Å²) in [5.74, 6) is 0. The van der Waals surface area contributed by atoms with E-state index in [9.17, 15) is 0 Å². The van der Waals surface area contributed by atoms with Crippen LogP contribution in [0.1, 0.15) is 33.6 Å². The first-order chi connectivity index (χ1) is 4.50. The monoisotopic (exact) mass is 162 g/mol. The van der Waals surface area contributed by atoms with Crippen LogP contribution >= 0.6 is 11.6 Å². The number of halogens is 1. The molecule has 0 unspecified atom stereocenters. The van der Waals surface area contributed by atoms with Crippen molar-refractivity contribution in [1.29, 1.82) is 0 Å². The summed E-state index contributed by atoms with van der Waals surface area (Å²) in [4.78, 5) is -0.190. The minimum atomic E-state index is -0.190. The van der Waals surface area contributed by atoms with Crippen molar-refractivity contribution in [3.63, 3.8) is 0 Å². The van der Waals surface area contributed by atoms with Crippen molar-refractivity contribution >= 4 is 11.6 Å². The Morgan fingerprint density at radius 2 is 2.00 bits per heavy atom. The molecule has 10 heavy (non-hydrogen) atoms. The number of rotatable bonds is 1. The summed E-state index contributed by atoms with van der Waals surface area (Å²) in [6.07, 6.45) is 2.92. The second-order valence-electron chi connectivity index (χ2n) is 3.58. The van der Waals surface area contributed by atoms with Gasteiger partial charge in [-0.2, -0.15) is 0 Å². The van der Waals surface area contributed by atoms with Gasteiger partial charge in [-0.1, -0.05) is 0 Å². The van der Waals surface area contributed by atoms with E-state index in [4.69, 9.17) is 16.3 Å². The minimum Gasteiger partial charge on any atom is -0.373 e. The quantitative estimate of drug-likeness (QED) is 0.539. The van der Waals surface area contributed by atoms with Crippen LogP contribution in [0.15, 0.2) is 0 Å². The highest BCUT2D eigenvalue weighted by molar-refractivity contribution is 6.23. The van der Waals surface area contributed by atoms with Gasteiger partial charge in [-0.15, -0.1) is 11.6 Å². The minimum absolute atomic E-state index is 0.190. The van der Waals surface area contributed by atoms with Crippen LogP contribution in [0.25, 0.3) is 0 Å². The summed E-state index contributed by atoms with van der Waals surface area (Å²) in [5, 5.41) is 0. The third kappa shape index (κ3) is 1.86. The van der Waals surface area contributed by atoms with Gasteiger partial charge in [0, 0.05) is 0 Å². The molecule has 1 saturated heterocycles. The van der Waals surface area contributed by atoms with Gasteiger partial charge in [-0.25, -0.2) is 0 Å². The molecule has 0 aromatic rings. The summed E-state index contributed by atoms with van der Waals surface area (Å²) >= 11 is 6.08. The number of hydrogen-bond donors (Lipinski definition) is 0. The number of alkyl halides is 1. The molecule has 0 aromatic carbocycles. The molecule has 0 spiro atoms. The van der Waals surface area contributed by atoms with Gasteiger partial charge in [0.1, 0.15) is 0 Å². The average Bonchev–Trinajstić information content (AvgIpc) is 2.11. The molecule has 1 aliphatic heterocycles. The lowest BCUT2D eigenvalue weighted by molar-refractivity contribution is 0.0369.